The molecule has 0 aromatic rings. The molecule has 0 bridgehead atoms. The van der Waals surface area contributed by atoms with Gasteiger partial charge in [0.25, 0.3) is 0 Å². The molecule has 1 aliphatic rings. The molecule has 1 atom stereocenters. The van der Waals surface area contributed by atoms with E-state index in [9.17, 15) is 0 Å². The first-order valence-electron chi connectivity index (χ1n) is 3.29. The van der Waals surface area contributed by atoms with Gasteiger partial charge in [0.1, 0.15) is 12.4 Å². The van der Waals surface area contributed by atoms with Gasteiger partial charge in [0, 0.05) is 6.42 Å². The van der Waals surface area contributed by atoms with Gasteiger partial charge in [0.15, 0.2) is 6.29 Å². The molecule has 0 aromatic heterocycles. The fraction of sp³-hybridized carbons (Fsp3) is 0.714. The summed E-state index contributed by atoms with van der Waals surface area (Å²) in [6.07, 6.45) is 2.05. The van der Waals surface area contributed by atoms with E-state index in [1.165, 1.54) is 0 Å². The fourth-order valence-corrected chi connectivity index (χ4v) is 0.818. The normalized spacial score (nSPS) is 26.3. The number of ether oxygens (including phenoxy) is 2. The Morgan fingerprint density at radius 2 is 2.56 bits per heavy atom. The lowest BCUT2D eigenvalue weighted by Gasteiger charge is -2.05. The average molecular weight is 128 g/mol. The first-order chi connectivity index (χ1) is 4.33. The maximum absolute atomic E-state index is 5.18. The number of hydrogen-bond donors (Lipinski definition) is 0. The van der Waals surface area contributed by atoms with Gasteiger partial charge in [-0.05, 0) is 0 Å². The highest BCUT2D eigenvalue weighted by atomic mass is 16.7. The maximum atomic E-state index is 5.18. The average Bonchev–Trinajstić information content (AvgIpc) is 2.17. The van der Waals surface area contributed by atoms with Gasteiger partial charge in [-0.3, -0.25) is 0 Å². The summed E-state index contributed by atoms with van der Waals surface area (Å²) in [5.41, 5.74) is 0. The van der Waals surface area contributed by atoms with Gasteiger partial charge in [-0.25, -0.2) is 0 Å². The lowest BCUT2D eigenvalue weighted by atomic mass is 10.3. The minimum absolute atomic E-state index is 0.0116. The Bertz CT molecular complexity index is 109. The highest BCUT2D eigenvalue weighted by Crippen LogP contribution is 2.16. The van der Waals surface area contributed by atoms with Gasteiger partial charge in [-0.1, -0.05) is 19.9 Å². The molecule has 2 heteroatoms. The standard InChI is InChI=1S/C7H12O2/c1-3-4-7-8-5-6(2)9-7/h7H,2-5H2,1H3. The Labute approximate surface area is 55.5 Å². The number of rotatable bonds is 2. The minimum Gasteiger partial charge on any atom is -0.467 e. The van der Waals surface area contributed by atoms with Crippen molar-refractivity contribution in [1.29, 1.82) is 0 Å². The topological polar surface area (TPSA) is 18.5 Å². The van der Waals surface area contributed by atoms with Crippen LogP contribution in [0.2, 0.25) is 0 Å². The van der Waals surface area contributed by atoms with Crippen molar-refractivity contribution in [2.75, 3.05) is 6.61 Å². The molecule has 0 saturated carbocycles. The molecule has 0 spiro atoms. The van der Waals surface area contributed by atoms with Gasteiger partial charge < -0.3 is 9.47 Å². The summed E-state index contributed by atoms with van der Waals surface area (Å²) in [6, 6.07) is 0. The van der Waals surface area contributed by atoms with Crippen LogP contribution in [0.15, 0.2) is 12.3 Å². The Morgan fingerprint density at radius 3 is 3.00 bits per heavy atom. The molecule has 1 unspecified atom stereocenters. The predicted octanol–water partition coefficient (Wildman–Crippen LogP) is 1.67. The molecule has 0 N–H and O–H groups in total. The third-order valence-corrected chi connectivity index (χ3v) is 1.25. The Morgan fingerprint density at radius 1 is 1.78 bits per heavy atom. The van der Waals surface area contributed by atoms with E-state index in [0.717, 1.165) is 18.6 Å². The lowest BCUT2D eigenvalue weighted by molar-refractivity contribution is -0.0371. The summed E-state index contributed by atoms with van der Waals surface area (Å²) in [7, 11) is 0. The van der Waals surface area contributed by atoms with Crippen LogP contribution >= 0.6 is 0 Å². The van der Waals surface area contributed by atoms with Crippen LogP contribution < -0.4 is 0 Å². The van der Waals surface area contributed by atoms with Gasteiger partial charge in [-0.15, -0.1) is 0 Å². The van der Waals surface area contributed by atoms with Crippen molar-refractivity contribution in [3.05, 3.63) is 12.3 Å². The second kappa shape index (κ2) is 2.87. The van der Waals surface area contributed by atoms with Crippen molar-refractivity contribution >= 4 is 0 Å². The molecule has 1 aliphatic heterocycles. The molecule has 1 saturated heterocycles. The van der Waals surface area contributed by atoms with E-state index >= 15 is 0 Å². The molecule has 1 fully saturated rings. The van der Waals surface area contributed by atoms with Gasteiger partial charge in [0.2, 0.25) is 0 Å². The first kappa shape index (κ1) is 6.62. The Hall–Kier alpha value is -0.500. The minimum atomic E-state index is -0.0116. The summed E-state index contributed by atoms with van der Waals surface area (Å²) in [6.45, 7) is 6.32. The molecule has 0 aromatic carbocycles. The van der Waals surface area contributed by atoms with Crippen LogP contribution in [0, 0.1) is 0 Å². The SMILES string of the molecule is C=C1COC(CCC)O1. The van der Waals surface area contributed by atoms with Crippen LogP contribution in [0.5, 0.6) is 0 Å². The molecule has 1 rings (SSSR count). The zero-order valence-corrected chi connectivity index (χ0v) is 5.72. The van der Waals surface area contributed by atoms with Crippen molar-refractivity contribution in [2.45, 2.75) is 26.1 Å². The molecule has 0 amide bonds. The van der Waals surface area contributed by atoms with Gasteiger partial charge in [-0.2, -0.15) is 0 Å². The summed E-state index contributed by atoms with van der Waals surface area (Å²) in [5, 5.41) is 0. The zero-order chi connectivity index (χ0) is 6.69. The summed E-state index contributed by atoms with van der Waals surface area (Å²) >= 11 is 0. The van der Waals surface area contributed by atoms with E-state index in [2.05, 4.69) is 13.5 Å². The van der Waals surface area contributed by atoms with Crippen molar-refractivity contribution in [3.63, 3.8) is 0 Å². The molecule has 9 heavy (non-hydrogen) atoms. The van der Waals surface area contributed by atoms with Crippen LogP contribution in [-0.4, -0.2) is 12.9 Å². The van der Waals surface area contributed by atoms with Crippen LogP contribution in [0.4, 0.5) is 0 Å². The van der Waals surface area contributed by atoms with Crippen LogP contribution in [0.25, 0.3) is 0 Å². The number of hydrogen-bond acceptors (Lipinski definition) is 2. The van der Waals surface area contributed by atoms with Crippen LogP contribution in [0.1, 0.15) is 19.8 Å². The molecule has 2 nitrogen and oxygen atoms in total. The molecule has 0 radical (unpaired) electrons. The van der Waals surface area contributed by atoms with Crippen LogP contribution in [-0.2, 0) is 9.47 Å². The Kier molecular flexibility index (Phi) is 2.11. The van der Waals surface area contributed by atoms with Crippen molar-refractivity contribution in [1.82, 2.24) is 0 Å². The predicted molar refractivity (Wildman–Crippen MR) is 34.9 cm³/mol. The summed E-state index contributed by atoms with van der Waals surface area (Å²) < 4.78 is 10.4. The monoisotopic (exact) mass is 128 g/mol. The maximum Gasteiger partial charge on any atom is 0.199 e. The molecule has 1 heterocycles. The van der Waals surface area contributed by atoms with Crippen LogP contribution in [0.3, 0.4) is 0 Å². The van der Waals surface area contributed by atoms with Crippen molar-refractivity contribution in [3.8, 4) is 0 Å². The molecule has 52 valence electrons. The van der Waals surface area contributed by atoms with E-state index in [4.69, 9.17) is 9.47 Å². The highest BCUT2D eigenvalue weighted by Gasteiger charge is 2.17. The third-order valence-electron chi connectivity index (χ3n) is 1.25. The van der Waals surface area contributed by atoms with Crippen molar-refractivity contribution in [2.24, 2.45) is 0 Å². The smallest absolute Gasteiger partial charge is 0.199 e. The molecular formula is C7H12O2. The highest BCUT2D eigenvalue weighted by molar-refractivity contribution is 4.86. The Balaban J connectivity index is 2.22. The zero-order valence-electron chi connectivity index (χ0n) is 5.72. The van der Waals surface area contributed by atoms with Crippen molar-refractivity contribution < 1.29 is 9.47 Å². The molecular weight excluding hydrogens is 116 g/mol. The quantitative estimate of drug-likeness (QED) is 0.563. The lowest BCUT2D eigenvalue weighted by Crippen LogP contribution is -2.05. The van der Waals surface area contributed by atoms with E-state index < -0.39 is 0 Å². The second-order valence-electron chi connectivity index (χ2n) is 2.19. The van der Waals surface area contributed by atoms with E-state index in [0.29, 0.717) is 6.61 Å². The van der Waals surface area contributed by atoms with Gasteiger partial charge in [0.05, 0.1) is 0 Å². The van der Waals surface area contributed by atoms with E-state index in [-0.39, 0.29) is 6.29 Å². The second-order valence-corrected chi connectivity index (χ2v) is 2.19. The first-order valence-corrected chi connectivity index (χ1v) is 3.29. The molecule has 0 aliphatic carbocycles. The van der Waals surface area contributed by atoms with E-state index in [1.807, 2.05) is 0 Å². The van der Waals surface area contributed by atoms with Gasteiger partial charge >= 0.3 is 0 Å². The largest absolute Gasteiger partial charge is 0.467 e. The summed E-state index contributed by atoms with van der Waals surface area (Å²) in [5.74, 6) is 0.758. The fourth-order valence-electron chi connectivity index (χ4n) is 0.818. The summed E-state index contributed by atoms with van der Waals surface area (Å²) in [4.78, 5) is 0. The van der Waals surface area contributed by atoms with E-state index in [1.54, 1.807) is 0 Å². The third kappa shape index (κ3) is 1.72.